The molecule has 28 heavy (non-hydrogen) atoms. The summed E-state index contributed by atoms with van der Waals surface area (Å²) in [6.45, 7) is 4.79. The molecule has 1 N–H and O–H groups in total. The summed E-state index contributed by atoms with van der Waals surface area (Å²) in [7, 11) is 0. The standard InChI is InChI=1S/C19H19ClFN5O2/c1-11-4-5-14(8-16(11)21)12(2)23-18(27)10-25-19(28)26(13(3)24-25)17-7-6-15(20)9-22-17/h4-9,12H,10H2,1-3H3,(H,23,27)/t12-/m0/s1. The Kier molecular flexibility index (Phi) is 5.60. The summed E-state index contributed by atoms with van der Waals surface area (Å²) < 4.78 is 16.1. The first-order valence-electron chi connectivity index (χ1n) is 8.60. The highest BCUT2D eigenvalue weighted by Gasteiger charge is 2.17. The van der Waals surface area contributed by atoms with Crippen LogP contribution in [0.25, 0.3) is 5.82 Å². The molecule has 0 unspecified atom stereocenters. The van der Waals surface area contributed by atoms with Crippen LogP contribution >= 0.6 is 11.6 Å². The van der Waals surface area contributed by atoms with E-state index in [-0.39, 0.29) is 12.4 Å². The van der Waals surface area contributed by atoms with Gasteiger partial charge in [0.05, 0.1) is 11.1 Å². The molecule has 3 rings (SSSR count). The SMILES string of the molecule is Cc1ccc([C@H](C)NC(=O)Cn2nc(C)n(-c3ccc(Cl)cn3)c2=O)cc1F. The van der Waals surface area contributed by atoms with Gasteiger partial charge in [-0.05, 0) is 50.1 Å². The summed E-state index contributed by atoms with van der Waals surface area (Å²) in [6, 6.07) is 7.58. The summed E-state index contributed by atoms with van der Waals surface area (Å²) in [5, 5.41) is 7.32. The summed E-state index contributed by atoms with van der Waals surface area (Å²) in [5.74, 6) is 0.00674. The van der Waals surface area contributed by atoms with Crippen molar-refractivity contribution < 1.29 is 9.18 Å². The molecule has 3 aromatic rings. The van der Waals surface area contributed by atoms with Gasteiger partial charge in [-0.2, -0.15) is 5.10 Å². The van der Waals surface area contributed by atoms with E-state index in [9.17, 15) is 14.0 Å². The molecular formula is C19H19ClFN5O2. The van der Waals surface area contributed by atoms with Crippen molar-refractivity contribution in [3.63, 3.8) is 0 Å². The Bertz CT molecular complexity index is 1070. The van der Waals surface area contributed by atoms with E-state index < -0.39 is 17.6 Å². The Balaban J connectivity index is 1.75. The van der Waals surface area contributed by atoms with Crippen LogP contribution in [-0.2, 0) is 11.3 Å². The predicted molar refractivity (Wildman–Crippen MR) is 103 cm³/mol. The van der Waals surface area contributed by atoms with Gasteiger partial charge in [0.15, 0.2) is 0 Å². The third-order valence-corrected chi connectivity index (χ3v) is 4.53. The van der Waals surface area contributed by atoms with Crippen molar-refractivity contribution in [2.75, 3.05) is 0 Å². The highest BCUT2D eigenvalue weighted by atomic mass is 35.5. The van der Waals surface area contributed by atoms with Crippen molar-refractivity contribution in [2.45, 2.75) is 33.4 Å². The molecule has 0 bridgehead atoms. The first-order chi connectivity index (χ1) is 13.3. The molecule has 0 aliphatic carbocycles. The van der Waals surface area contributed by atoms with E-state index in [0.717, 1.165) is 4.68 Å². The van der Waals surface area contributed by atoms with Gasteiger partial charge in [0.1, 0.15) is 24.0 Å². The van der Waals surface area contributed by atoms with Crippen LogP contribution in [0.5, 0.6) is 0 Å². The monoisotopic (exact) mass is 403 g/mol. The largest absolute Gasteiger partial charge is 0.352 e. The molecule has 0 aliphatic rings. The molecule has 2 heterocycles. The number of nitrogens with zero attached hydrogens (tertiary/aromatic N) is 4. The Morgan fingerprint density at radius 3 is 2.68 bits per heavy atom. The van der Waals surface area contributed by atoms with Crippen LogP contribution in [0.15, 0.2) is 41.3 Å². The lowest BCUT2D eigenvalue weighted by Gasteiger charge is -2.14. The average Bonchev–Trinajstić information content (AvgIpc) is 2.91. The number of nitrogens with one attached hydrogen (secondary N) is 1. The Morgan fingerprint density at radius 2 is 2.04 bits per heavy atom. The van der Waals surface area contributed by atoms with Gasteiger partial charge in [0.2, 0.25) is 5.91 Å². The molecule has 2 aromatic heterocycles. The highest BCUT2D eigenvalue weighted by Crippen LogP contribution is 2.16. The van der Waals surface area contributed by atoms with Crippen LogP contribution in [0.4, 0.5) is 4.39 Å². The van der Waals surface area contributed by atoms with E-state index in [1.165, 1.54) is 16.8 Å². The van der Waals surface area contributed by atoms with E-state index >= 15 is 0 Å². The maximum Gasteiger partial charge on any atom is 0.352 e. The summed E-state index contributed by atoms with van der Waals surface area (Å²) in [4.78, 5) is 29.1. The molecule has 146 valence electrons. The zero-order valence-corrected chi connectivity index (χ0v) is 16.4. The van der Waals surface area contributed by atoms with E-state index in [0.29, 0.717) is 27.8 Å². The molecule has 0 radical (unpaired) electrons. The number of benzene rings is 1. The van der Waals surface area contributed by atoms with Gasteiger partial charge < -0.3 is 5.32 Å². The van der Waals surface area contributed by atoms with Crippen LogP contribution in [-0.4, -0.2) is 25.2 Å². The third kappa shape index (κ3) is 4.12. The van der Waals surface area contributed by atoms with Crippen LogP contribution in [0.2, 0.25) is 5.02 Å². The van der Waals surface area contributed by atoms with Crippen molar-refractivity contribution >= 4 is 17.5 Å². The number of hydrogen-bond donors (Lipinski definition) is 1. The number of hydrogen-bond acceptors (Lipinski definition) is 4. The summed E-state index contributed by atoms with van der Waals surface area (Å²) in [5.41, 5.74) is 0.679. The molecule has 9 heteroatoms. The van der Waals surface area contributed by atoms with Crippen molar-refractivity contribution in [1.29, 1.82) is 0 Å². The fourth-order valence-corrected chi connectivity index (χ4v) is 2.88. The van der Waals surface area contributed by atoms with E-state index in [1.54, 1.807) is 45.0 Å². The first-order valence-corrected chi connectivity index (χ1v) is 8.98. The van der Waals surface area contributed by atoms with E-state index in [1.807, 2.05) is 0 Å². The third-order valence-electron chi connectivity index (χ3n) is 4.31. The lowest BCUT2D eigenvalue weighted by atomic mass is 10.1. The normalized spacial score (nSPS) is 12.0. The maximum atomic E-state index is 13.7. The lowest BCUT2D eigenvalue weighted by molar-refractivity contribution is -0.122. The van der Waals surface area contributed by atoms with Gasteiger partial charge in [-0.15, -0.1) is 0 Å². The van der Waals surface area contributed by atoms with Gasteiger partial charge >= 0.3 is 5.69 Å². The number of amides is 1. The molecular weight excluding hydrogens is 385 g/mol. The molecule has 1 aromatic carbocycles. The van der Waals surface area contributed by atoms with Crippen molar-refractivity contribution in [3.05, 3.63) is 74.8 Å². The predicted octanol–water partition coefficient (Wildman–Crippen LogP) is 2.72. The Morgan fingerprint density at radius 1 is 1.29 bits per heavy atom. The van der Waals surface area contributed by atoms with Crippen LogP contribution in [0, 0.1) is 19.7 Å². The number of aryl methyl sites for hydroxylation is 2. The minimum atomic E-state index is -0.489. The van der Waals surface area contributed by atoms with Crippen molar-refractivity contribution in [3.8, 4) is 5.82 Å². The van der Waals surface area contributed by atoms with Gasteiger partial charge in [0.25, 0.3) is 0 Å². The molecule has 7 nitrogen and oxygen atoms in total. The molecule has 0 fully saturated rings. The second-order valence-electron chi connectivity index (χ2n) is 6.46. The maximum absolute atomic E-state index is 13.7. The van der Waals surface area contributed by atoms with E-state index in [2.05, 4.69) is 15.4 Å². The number of carbonyl (C=O) groups excluding carboxylic acids is 1. The van der Waals surface area contributed by atoms with Gasteiger partial charge in [-0.25, -0.2) is 23.4 Å². The average molecular weight is 404 g/mol. The smallest absolute Gasteiger partial charge is 0.348 e. The van der Waals surface area contributed by atoms with Gasteiger partial charge in [-0.3, -0.25) is 4.79 Å². The van der Waals surface area contributed by atoms with Crippen LogP contribution < -0.4 is 11.0 Å². The molecule has 0 spiro atoms. The quantitative estimate of drug-likeness (QED) is 0.710. The molecule has 1 amide bonds. The highest BCUT2D eigenvalue weighted by molar-refractivity contribution is 6.30. The van der Waals surface area contributed by atoms with Gasteiger partial charge in [-0.1, -0.05) is 23.7 Å². The van der Waals surface area contributed by atoms with Crippen molar-refractivity contribution in [1.82, 2.24) is 24.6 Å². The molecule has 0 aliphatic heterocycles. The first kappa shape index (κ1) is 19.8. The zero-order chi connectivity index (χ0) is 20.4. The minimum absolute atomic E-state index is 0.265. The van der Waals surface area contributed by atoms with E-state index in [4.69, 9.17) is 11.6 Å². The van der Waals surface area contributed by atoms with Gasteiger partial charge in [0, 0.05) is 6.20 Å². The second kappa shape index (κ2) is 7.93. The lowest BCUT2D eigenvalue weighted by Crippen LogP contribution is -2.34. The van der Waals surface area contributed by atoms with Crippen LogP contribution in [0.1, 0.15) is 29.9 Å². The number of pyridine rings is 1. The summed E-state index contributed by atoms with van der Waals surface area (Å²) >= 11 is 5.82. The fraction of sp³-hybridized carbons (Fsp3) is 0.263. The molecule has 0 saturated heterocycles. The summed E-state index contributed by atoms with van der Waals surface area (Å²) in [6.07, 6.45) is 1.43. The molecule has 1 atom stereocenters. The Labute approximate surface area is 165 Å². The topological polar surface area (TPSA) is 81.8 Å². The fourth-order valence-electron chi connectivity index (χ4n) is 2.77. The number of aromatic nitrogens is 4. The number of carbonyl (C=O) groups is 1. The number of rotatable bonds is 5. The zero-order valence-electron chi connectivity index (χ0n) is 15.6. The second-order valence-corrected chi connectivity index (χ2v) is 6.89. The number of halogens is 2. The molecule has 0 saturated carbocycles. The van der Waals surface area contributed by atoms with Crippen LogP contribution in [0.3, 0.4) is 0 Å². The minimum Gasteiger partial charge on any atom is -0.348 e. The Hall–Kier alpha value is -3.00. The van der Waals surface area contributed by atoms with Crippen molar-refractivity contribution in [2.24, 2.45) is 0 Å².